The number of amides is 1. The zero-order chi connectivity index (χ0) is 12.1. The molecule has 5 heteroatoms. The van der Waals surface area contributed by atoms with E-state index >= 15 is 0 Å². The number of carbonyl (C=O) groups excluding carboxylic acids is 2. The van der Waals surface area contributed by atoms with Gasteiger partial charge in [0.05, 0.1) is 0 Å². The molecule has 0 aromatic heterocycles. The van der Waals surface area contributed by atoms with Crippen molar-refractivity contribution in [3.63, 3.8) is 0 Å². The highest BCUT2D eigenvalue weighted by Gasteiger charge is 2.13. The number of benzene rings is 1. The van der Waals surface area contributed by atoms with Crippen molar-refractivity contribution >= 4 is 11.7 Å². The monoisotopic (exact) mass is 227 g/mol. The van der Waals surface area contributed by atoms with E-state index in [2.05, 4.69) is 5.32 Å². The highest BCUT2D eigenvalue weighted by molar-refractivity contribution is 6.35. The Morgan fingerprint density at radius 1 is 1.25 bits per heavy atom. The standard InChI is InChI=1S/C11H11F2NO2/c1-2-10(15)11(16)14-6-7-8(12)4-3-5-9(7)13/h3-5H,2,6H2,1H3,(H,14,16). The Hall–Kier alpha value is -1.78. The summed E-state index contributed by atoms with van der Waals surface area (Å²) in [6, 6.07) is 3.41. The third-order valence-electron chi connectivity index (χ3n) is 2.06. The van der Waals surface area contributed by atoms with Crippen molar-refractivity contribution in [2.75, 3.05) is 0 Å². The molecule has 3 nitrogen and oxygen atoms in total. The average Bonchev–Trinajstić information content (AvgIpc) is 2.27. The second kappa shape index (κ2) is 5.34. The maximum absolute atomic E-state index is 13.1. The van der Waals surface area contributed by atoms with E-state index in [4.69, 9.17) is 0 Å². The first-order valence-corrected chi connectivity index (χ1v) is 4.80. The van der Waals surface area contributed by atoms with Gasteiger partial charge in [0, 0.05) is 18.5 Å². The smallest absolute Gasteiger partial charge is 0.287 e. The van der Waals surface area contributed by atoms with Gasteiger partial charge in [-0.05, 0) is 12.1 Å². The number of hydrogen-bond donors (Lipinski definition) is 1. The van der Waals surface area contributed by atoms with Crippen LogP contribution in [0.25, 0.3) is 0 Å². The summed E-state index contributed by atoms with van der Waals surface area (Å²) in [7, 11) is 0. The van der Waals surface area contributed by atoms with Crippen LogP contribution in [0, 0.1) is 11.6 Å². The van der Waals surface area contributed by atoms with Crippen LogP contribution >= 0.6 is 0 Å². The molecule has 0 fully saturated rings. The fraction of sp³-hybridized carbons (Fsp3) is 0.273. The fourth-order valence-corrected chi connectivity index (χ4v) is 1.13. The Kier molecular flexibility index (Phi) is 4.10. The second-order valence-electron chi connectivity index (χ2n) is 3.16. The van der Waals surface area contributed by atoms with E-state index in [-0.39, 0.29) is 18.5 Å². The Bertz CT molecular complexity index is 398. The largest absolute Gasteiger partial charge is 0.345 e. The van der Waals surface area contributed by atoms with Gasteiger partial charge in [0.25, 0.3) is 5.91 Å². The zero-order valence-electron chi connectivity index (χ0n) is 8.72. The molecule has 0 unspecified atom stereocenters. The summed E-state index contributed by atoms with van der Waals surface area (Å²) in [6.07, 6.45) is 0.0611. The molecule has 0 bridgehead atoms. The van der Waals surface area contributed by atoms with Crippen LogP contribution < -0.4 is 5.32 Å². The average molecular weight is 227 g/mol. The summed E-state index contributed by atoms with van der Waals surface area (Å²) in [5.74, 6) is -2.93. The van der Waals surface area contributed by atoms with Gasteiger partial charge in [-0.3, -0.25) is 9.59 Å². The third kappa shape index (κ3) is 2.85. The van der Waals surface area contributed by atoms with Gasteiger partial charge < -0.3 is 5.32 Å². The number of rotatable bonds is 4. The van der Waals surface area contributed by atoms with Crippen LogP contribution in [0.3, 0.4) is 0 Å². The van der Waals surface area contributed by atoms with E-state index in [1.165, 1.54) is 13.0 Å². The molecule has 0 atom stereocenters. The van der Waals surface area contributed by atoms with E-state index in [1.54, 1.807) is 0 Å². The molecule has 0 aliphatic heterocycles. The van der Waals surface area contributed by atoms with Crippen LogP contribution in [0.5, 0.6) is 0 Å². The highest BCUT2D eigenvalue weighted by atomic mass is 19.1. The molecule has 0 aliphatic rings. The van der Waals surface area contributed by atoms with Crippen molar-refractivity contribution in [2.45, 2.75) is 19.9 Å². The molecule has 86 valence electrons. The lowest BCUT2D eigenvalue weighted by Gasteiger charge is -2.05. The van der Waals surface area contributed by atoms with Crippen LogP contribution in [0.2, 0.25) is 0 Å². The van der Waals surface area contributed by atoms with Gasteiger partial charge >= 0.3 is 0 Å². The van der Waals surface area contributed by atoms with Gasteiger partial charge in [-0.15, -0.1) is 0 Å². The quantitative estimate of drug-likeness (QED) is 0.793. The summed E-state index contributed by atoms with van der Waals surface area (Å²) >= 11 is 0. The predicted molar refractivity (Wildman–Crippen MR) is 53.5 cm³/mol. The van der Waals surface area contributed by atoms with Crippen molar-refractivity contribution in [2.24, 2.45) is 0 Å². The SMILES string of the molecule is CCC(=O)C(=O)NCc1c(F)cccc1F. The molecular formula is C11H11F2NO2. The Morgan fingerprint density at radius 2 is 1.81 bits per heavy atom. The Morgan fingerprint density at radius 3 is 2.31 bits per heavy atom. The lowest BCUT2D eigenvalue weighted by Crippen LogP contribution is -2.30. The third-order valence-corrected chi connectivity index (χ3v) is 2.06. The Balaban J connectivity index is 2.68. The molecule has 0 aliphatic carbocycles. The van der Waals surface area contributed by atoms with Gasteiger partial charge in [-0.25, -0.2) is 8.78 Å². The molecule has 0 heterocycles. The maximum Gasteiger partial charge on any atom is 0.287 e. The van der Waals surface area contributed by atoms with Crippen LogP contribution in [-0.2, 0) is 16.1 Å². The highest BCUT2D eigenvalue weighted by Crippen LogP contribution is 2.11. The minimum atomic E-state index is -0.829. The van der Waals surface area contributed by atoms with E-state index < -0.39 is 23.3 Å². The van der Waals surface area contributed by atoms with E-state index in [0.29, 0.717) is 0 Å². The summed E-state index contributed by atoms with van der Waals surface area (Å²) in [4.78, 5) is 22.0. The van der Waals surface area contributed by atoms with Gasteiger partial charge in [0.1, 0.15) is 11.6 Å². The molecule has 1 rings (SSSR count). The first kappa shape index (κ1) is 12.3. The lowest BCUT2D eigenvalue weighted by atomic mass is 10.2. The molecule has 1 aromatic rings. The van der Waals surface area contributed by atoms with Crippen LogP contribution in [0.4, 0.5) is 8.78 Å². The van der Waals surface area contributed by atoms with Crippen molar-refractivity contribution in [1.29, 1.82) is 0 Å². The first-order valence-electron chi connectivity index (χ1n) is 4.80. The van der Waals surface area contributed by atoms with Gasteiger partial charge in [0.2, 0.25) is 5.78 Å². The van der Waals surface area contributed by atoms with E-state index in [0.717, 1.165) is 12.1 Å². The molecule has 1 amide bonds. The molecular weight excluding hydrogens is 216 g/mol. The topological polar surface area (TPSA) is 46.2 Å². The normalized spacial score (nSPS) is 9.94. The van der Waals surface area contributed by atoms with E-state index in [1.807, 2.05) is 0 Å². The molecule has 1 N–H and O–H groups in total. The van der Waals surface area contributed by atoms with Crippen molar-refractivity contribution in [3.8, 4) is 0 Å². The Labute approximate surface area is 91.5 Å². The fourth-order valence-electron chi connectivity index (χ4n) is 1.13. The van der Waals surface area contributed by atoms with E-state index in [9.17, 15) is 18.4 Å². The van der Waals surface area contributed by atoms with Gasteiger partial charge in [-0.1, -0.05) is 13.0 Å². The number of hydrogen-bond acceptors (Lipinski definition) is 2. The summed E-state index contributed by atoms with van der Waals surface area (Å²) in [5, 5.41) is 2.16. The first-order chi connectivity index (χ1) is 7.56. The predicted octanol–water partition coefficient (Wildman–Crippen LogP) is 1.56. The molecule has 1 aromatic carbocycles. The second-order valence-corrected chi connectivity index (χ2v) is 3.16. The molecule has 0 saturated carbocycles. The zero-order valence-corrected chi connectivity index (χ0v) is 8.72. The molecule has 0 saturated heterocycles. The minimum Gasteiger partial charge on any atom is -0.345 e. The van der Waals surface area contributed by atoms with Crippen LogP contribution in [0.1, 0.15) is 18.9 Å². The molecule has 16 heavy (non-hydrogen) atoms. The number of halogens is 2. The summed E-state index contributed by atoms with van der Waals surface area (Å²) < 4.78 is 26.2. The van der Waals surface area contributed by atoms with Crippen LogP contribution in [0.15, 0.2) is 18.2 Å². The number of carbonyl (C=O) groups is 2. The van der Waals surface area contributed by atoms with Crippen molar-refractivity contribution in [3.05, 3.63) is 35.4 Å². The van der Waals surface area contributed by atoms with Crippen molar-refractivity contribution < 1.29 is 18.4 Å². The van der Waals surface area contributed by atoms with Crippen LogP contribution in [-0.4, -0.2) is 11.7 Å². The van der Waals surface area contributed by atoms with Gasteiger partial charge in [-0.2, -0.15) is 0 Å². The van der Waals surface area contributed by atoms with Gasteiger partial charge in [0.15, 0.2) is 0 Å². The number of Topliss-reactive ketones (excluding diaryl/α,β-unsaturated/α-hetero) is 1. The van der Waals surface area contributed by atoms with Crippen molar-refractivity contribution in [1.82, 2.24) is 5.32 Å². The summed E-state index contributed by atoms with van der Waals surface area (Å²) in [6.45, 7) is 1.20. The summed E-state index contributed by atoms with van der Waals surface area (Å²) in [5.41, 5.74) is -0.250. The minimum absolute atomic E-state index is 0.0611. The maximum atomic E-state index is 13.1. The molecule has 0 radical (unpaired) electrons. The number of ketones is 1. The molecule has 0 spiro atoms. The number of nitrogens with one attached hydrogen (secondary N) is 1. The lowest BCUT2D eigenvalue weighted by molar-refractivity contribution is -0.137.